The molecule has 1 aromatic rings. The van der Waals surface area contributed by atoms with Crippen molar-refractivity contribution in [3.8, 4) is 0 Å². The number of hydrogen-bond acceptors (Lipinski definition) is 5. The highest BCUT2D eigenvalue weighted by atomic mass is 16.5. The second-order valence-electron chi connectivity index (χ2n) is 8.95. The van der Waals surface area contributed by atoms with Crippen molar-refractivity contribution in [3.63, 3.8) is 0 Å². The van der Waals surface area contributed by atoms with Gasteiger partial charge in [-0.05, 0) is 44.9 Å². The Labute approximate surface area is 165 Å². The van der Waals surface area contributed by atoms with E-state index in [1.807, 2.05) is 11.0 Å². The van der Waals surface area contributed by atoms with E-state index >= 15 is 0 Å². The monoisotopic (exact) mass is 389 g/mol. The molecule has 2 aliphatic carbocycles. The third kappa shape index (κ3) is 3.95. The van der Waals surface area contributed by atoms with Gasteiger partial charge in [-0.1, -0.05) is 18.5 Å². The summed E-state index contributed by atoms with van der Waals surface area (Å²) in [6, 6.07) is 1.86. The van der Waals surface area contributed by atoms with E-state index in [0.29, 0.717) is 37.6 Å². The molecular weight excluding hydrogens is 358 g/mol. The molecule has 3 aliphatic rings. The molecule has 0 spiro atoms. The number of piperidine rings is 1. The van der Waals surface area contributed by atoms with Crippen LogP contribution >= 0.6 is 0 Å². The Morgan fingerprint density at radius 3 is 2.57 bits per heavy atom. The Hall–Kier alpha value is -1.89. The molecule has 0 radical (unpaired) electrons. The van der Waals surface area contributed by atoms with Gasteiger partial charge < -0.3 is 19.8 Å². The highest BCUT2D eigenvalue weighted by Gasteiger charge is 2.46. The second kappa shape index (κ2) is 7.50. The van der Waals surface area contributed by atoms with Crippen molar-refractivity contribution in [2.75, 3.05) is 19.6 Å². The standard InChI is InChI=1S/C21H31N3O4/c1-2-20(6-3-7-20)19(26)24-10-8-21(27,9-11-24)14-22-18(25)13-16-12-17(23-28-16)15-4-5-15/h12,15,27H,2-11,13-14H2,1H3,(H,22,25). The minimum absolute atomic E-state index is 0.138. The van der Waals surface area contributed by atoms with Gasteiger partial charge in [0.1, 0.15) is 5.76 Å². The molecule has 4 rings (SSSR count). The van der Waals surface area contributed by atoms with Gasteiger partial charge in [-0.2, -0.15) is 0 Å². The fourth-order valence-electron chi connectivity index (χ4n) is 4.43. The molecule has 28 heavy (non-hydrogen) atoms. The lowest BCUT2D eigenvalue weighted by atomic mass is 9.66. The molecule has 0 bridgehead atoms. The predicted octanol–water partition coefficient (Wildman–Crippen LogP) is 2.14. The van der Waals surface area contributed by atoms with Gasteiger partial charge in [0, 0.05) is 37.0 Å². The van der Waals surface area contributed by atoms with Crippen LogP contribution in [0.25, 0.3) is 0 Å². The number of aromatic nitrogens is 1. The molecule has 7 heteroatoms. The molecule has 2 heterocycles. The van der Waals surface area contributed by atoms with Crippen molar-refractivity contribution in [2.45, 2.75) is 76.2 Å². The zero-order valence-corrected chi connectivity index (χ0v) is 16.7. The van der Waals surface area contributed by atoms with Crippen molar-refractivity contribution < 1.29 is 19.2 Å². The maximum absolute atomic E-state index is 12.8. The van der Waals surface area contributed by atoms with Crippen LogP contribution in [0, 0.1) is 5.41 Å². The minimum atomic E-state index is -0.952. The quantitative estimate of drug-likeness (QED) is 0.745. The molecule has 0 atom stereocenters. The molecule has 2 saturated carbocycles. The second-order valence-corrected chi connectivity index (χ2v) is 8.95. The van der Waals surface area contributed by atoms with Gasteiger partial charge in [0.2, 0.25) is 11.8 Å². The summed E-state index contributed by atoms with van der Waals surface area (Å²) < 4.78 is 5.24. The molecule has 1 aliphatic heterocycles. The van der Waals surface area contributed by atoms with Crippen molar-refractivity contribution >= 4 is 11.8 Å². The number of nitrogens with one attached hydrogen (secondary N) is 1. The maximum Gasteiger partial charge on any atom is 0.228 e. The first kappa shape index (κ1) is 19.4. The largest absolute Gasteiger partial charge is 0.388 e. The summed E-state index contributed by atoms with van der Waals surface area (Å²) in [5.74, 6) is 1.15. The van der Waals surface area contributed by atoms with Crippen LogP contribution in [0.3, 0.4) is 0 Å². The van der Waals surface area contributed by atoms with Crippen LogP contribution in [0.2, 0.25) is 0 Å². The van der Waals surface area contributed by atoms with Crippen LogP contribution in [-0.2, 0) is 16.0 Å². The zero-order valence-electron chi connectivity index (χ0n) is 16.7. The normalized spacial score (nSPS) is 23.1. The van der Waals surface area contributed by atoms with Crippen molar-refractivity contribution in [2.24, 2.45) is 5.41 Å². The summed E-state index contributed by atoms with van der Waals surface area (Å²) in [6.45, 7) is 3.41. The lowest BCUT2D eigenvalue weighted by Crippen LogP contribution is -2.55. The van der Waals surface area contributed by atoms with E-state index in [9.17, 15) is 14.7 Å². The minimum Gasteiger partial charge on any atom is -0.388 e. The third-order valence-corrected chi connectivity index (χ3v) is 6.94. The van der Waals surface area contributed by atoms with Crippen LogP contribution in [0.4, 0.5) is 0 Å². The topological polar surface area (TPSA) is 95.7 Å². The van der Waals surface area contributed by atoms with Crippen LogP contribution in [0.1, 0.15) is 75.7 Å². The van der Waals surface area contributed by atoms with Gasteiger partial charge in [-0.3, -0.25) is 9.59 Å². The average molecular weight is 389 g/mol. The summed E-state index contributed by atoms with van der Waals surface area (Å²) in [4.78, 5) is 26.9. The van der Waals surface area contributed by atoms with E-state index in [4.69, 9.17) is 4.52 Å². The fraction of sp³-hybridized carbons (Fsp3) is 0.762. The molecule has 0 aromatic carbocycles. The van der Waals surface area contributed by atoms with Crippen LogP contribution in [0.5, 0.6) is 0 Å². The highest BCUT2D eigenvalue weighted by Crippen LogP contribution is 2.45. The van der Waals surface area contributed by atoms with E-state index in [1.165, 1.54) is 0 Å². The molecule has 1 saturated heterocycles. The van der Waals surface area contributed by atoms with Gasteiger partial charge in [0.15, 0.2) is 0 Å². The van der Waals surface area contributed by atoms with Gasteiger partial charge in [0.05, 0.1) is 17.7 Å². The van der Waals surface area contributed by atoms with E-state index in [-0.39, 0.29) is 30.2 Å². The SMILES string of the molecule is CCC1(C(=O)N2CCC(O)(CNC(=O)Cc3cc(C4CC4)no3)CC2)CCC1. The molecule has 0 unspecified atom stereocenters. The number of rotatable bonds is 7. The van der Waals surface area contributed by atoms with E-state index in [1.54, 1.807) is 0 Å². The lowest BCUT2D eigenvalue weighted by molar-refractivity contribution is -0.152. The molecule has 1 aromatic heterocycles. The van der Waals surface area contributed by atoms with Crippen molar-refractivity contribution in [3.05, 3.63) is 17.5 Å². The molecule has 3 fully saturated rings. The number of carbonyl (C=O) groups is 2. The maximum atomic E-state index is 12.8. The van der Waals surface area contributed by atoms with E-state index in [2.05, 4.69) is 17.4 Å². The Morgan fingerprint density at radius 1 is 1.29 bits per heavy atom. The fourth-order valence-corrected chi connectivity index (χ4v) is 4.43. The van der Waals surface area contributed by atoms with Crippen molar-refractivity contribution in [1.29, 1.82) is 0 Å². The Balaban J connectivity index is 1.22. The Kier molecular flexibility index (Phi) is 5.21. The number of nitrogens with zero attached hydrogens (tertiary/aromatic N) is 2. The number of likely N-dealkylation sites (tertiary alicyclic amines) is 1. The Bertz CT molecular complexity index is 722. The molecule has 2 amide bonds. The Morgan fingerprint density at radius 2 is 2.00 bits per heavy atom. The van der Waals surface area contributed by atoms with Crippen LogP contribution in [-0.4, -0.2) is 52.2 Å². The van der Waals surface area contributed by atoms with Gasteiger partial charge >= 0.3 is 0 Å². The molecule has 7 nitrogen and oxygen atoms in total. The first-order chi connectivity index (χ1) is 13.4. The highest BCUT2D eigenvalue weighted by molar-refractivity contribution is 5.83. The molecule has 2 N–H and O–H groups in total. The summed E-state index contributed by atoms with van der Waals surface area (Å²) in [5, 5.41) is 17.7. The van der Waals surface area contributed by atoms with E-state index in [0.717, 1.165) is 44.2 Å². The van der Waals surface area contributed by atoms with Crippen molar-refractivity contribution in [1.82, 2.24) is 15.4 Å². The number of carbonyl (C=O) groups excluding carboxylic acids is 2. The smallest absolute Gasteiger partial charge is 0.228 e. The number of hydrogen-bond donors (Lipinski definition) is 2. The molecular formula is C21H31N3O4. The third-order valence-electron chi connectivity index (χ3n) is 6.94. The summed E-state index contributed by atoms with van der Waals surface area (Å²) in [6.07, 6.45) is 7.42. The van der Waals surface area contributed by atoms with Gasteiger partial charge in [0.25, 0.3) is 0 Å². The zero-order chi connectivity index (χ0) is 19.8. The first-order valence-electron chi connectivity index (χ1n) is 10.7. The van der Waals surface area contributed by atoms with Crippen LogP contribution in [0.15, 0.2) is 10.6 Å². The average Bonchev–Trinajstić information content (AvgIpc) is 3.40. The van der Waals surface area contributed by atoms with Crippen LogP contribution < -0.4 is 5.32 Å². The first-order valence-corrected chi connectivity index (χ1v) is 10.7. The lowest BCUT2D eigenvalue weighted by Gasteiger charge is -2.46. The summed E-state index contributed by atoms with van der Waals surface area (Å²) in [5.41, 5.74) is -0.165. The van der Waals surface area contributed by atoms with Gasteiger partial charge in [-0.15, -0.1) is 0 Å². The molecule has 154 valence electrons. The number of amides is 2. The van der Waals surface area contributed by atoms with E-state index < -0.39 is 5.60 Å². The predicted molar refractivity (Wildman–Crippen MR) is 103 cm³/mol. The summed E-state index contributed by atoms with van der Waals surface area (Å²) >= 11 is 0. The van der Waals surface area contributed by atoms with Gasteiger partial charge in [-0.25, -0.2) is 0 Å². The number of aliphatic hydroxyl groups is 1. The summed E-state index contributed by atoms with van der Waals surface area (Å²) in [7, 11) is 0.